The van der Waals surface area contributed by atoms with Crippen LogP contribution in [0.2, 0.25) is 0 Å². The maximum Gasteiger partial charge on any atom is 0.249 e. The fourth-order valence-corrected chi connectivity index (χ4v) is 2.35. The van der Waals surface area contributed by atoms with E-state index in [1.165, 1.54) is 12.2 Å². The molecule has 0 saturated carbocycles. The molecule has 0 aliphatic carbocycles. The monoisotopic (exact) mass is 203 g/mol. The van der Waals surface area contributed by atoms with Crippen molar-refractivity contribution in [3.8, 4) is 0 Å². The summed E-state index contributed by atoms with van der Waals surface area (Å²) >= 11 is 1.91. The maximum atomic E-state index is 11.4. The van der Waals surface area contributed by atoms with Gasteiger partial charge < -0.3 is 10.1 Å². The van der Waals surface area contributed by atoms with E-state index in [0.29, 0.717) is 6.04 Å². The first-order chi connectivity index (χ1) is 6.24. The predicted molar refractivity (Wildman–Crippen MR) is 55.0 cm³/mol. The second-order valence-electron chi connectivity index (χ2n) is 3.30. The molecule has 0 aromatic heterocycles. The quantitative estimate of drug-likeness (QED) is 0.744. The highest BCUT2D eigenvalue weighted by atomic mass is 32.2. The van der Waals surface area contributed by atoms with Gasteiger partial charge in [-0.2, -0.15) is 11.8 Å². The van der Waals surface area contributed by atoms with Crippen LogP contribution in [0.25, 0.3) is 0 Å². The van der Waals surface area contributed by atoms with Crippen molar-refractivity contribution in [2.24, 2.45) is 0 Å². The summed E-state index contributed by atoms with van der Waals surface area (Å²) in [6.45, 7) is 1.77. The van der Waals surface area contributed by atoms with E-state index in [2.05, 4.69) is 5.32 Å². The molecule has 1 saturated heterocycles. The molecule has 0 radical (unpaired) electrons. The Morgan fingerprint density at radius 1 is 1.69 bits per heavy atom. The van der Waals surface area contributed by atoms with E-state index in [0.717, 1.165) is 12.2 Å². The summed E-state index contributed by atoms with van der Waals surface area (Å²) < 4.78 is 4.93. The van der Waals surface area contributed by atoms with Gasteiger partial charge in [0.15, 0.2) is 0 Å². The van der Waals surface area contributed by atoms with Crippen molar-refractivity contribution in [1.82, 2.24) is 5.32 Å². The number of hydrogen-bond donors (Lipinski definition) is 1. The van der Waals surface area contributed by atoms with Crippen LogP contribution >= 0.6 is 11.8 Å². The fraction of sp³-hybridized carbons (Fsp3) is 0.889. The molecule has 0 bridgehead atoms. The van der Waals surface area contributed by atoms with Crippen molar-refractivity contribution >= 4 is 17.7 Å². The minimum Gasteiger partial charge on any atom is -0.372 e. The summed E-state index contributed by atoms with van der Waals surface area (Å²) in [5, 5.41) is 2.98. The third-order valence-corrected chi connectivity index (χ3v) is 3.44. The summed E-state index contributed by atoms with van der Waals surface area (Å²) in [5.41, 5.74) is 0. The summed E-state index contributed by atoms with van der Waals surface area (Å²) in [6, 6.07) is 0.351. The molecule has 0 aromatic rings. The molecule has 1 aliphatic rings. The zero-order valence-corrected chi connectivity index (χ0v) is 9.02. The van der Waals surface area contributed by atoms with Crippen LogP contribution in [-0.2, 0) is 9.53 Å². The number of carbonyl (C=O) groups excluding carboxylic acids is 1. The van der Waals surface area contributed by atoms with Crippen molar-refractivity contribution in [3.05, 3.63) is 0 Å². The maximum absolute atomic E-state index is 11.4. The molecule has 2 atom stereocenters. The first kappa shape index (κ1) is 10.9. The molecule has 3 nitrogen and oxygen atoms in total. The number of amides is 1. The van der Waals surface area contributed by atoms with Crippen LogP contribution in [0.15, 0.2) is 0 Å². The third-order valence-electron chi connectivity index (χ3n) is 2.23. The van der Waals surface area contributed by atoms with Gasteiger partial charge in [-0.15, -0.1) is 0 Å². The van der Waals surface area contributed by atoms with E-state index in [9.17, 15) is 4.79 Å². The van der Waals surface area contributed by atoms with E-state index in [1.54, 1.807) is 14.0 Å². The highest BCUT2D eigenvalue weighted by Gasteiger charge is 2.19. The summed E-state index contributed by atoms with van der Waals surface area (Å²) in [6.07, 6.45) is 1.98. The predicted octanol–water partition coefficient (Wildman–Crippen LogP) is 1.03. The van der Waals surface area contributed by atoms with Gasteiger partial charge in [0.2, 0.25) is 5.91 Å². The zero-order valence-electron chi connectivity index (χ0n) is 8.21. The highest BCUT2D eigenvalue weighted by molar-refractivity contribution is 7.99. The minimum atomic E-state index is -0.327. The van der Waals surface area contributed by atoms with Gasteiger partial charge >= 0.3 is 0 Å². The summed E-state index contributed by atoms with van der Waals surface area (Å²) in [7, 11) is 1.56. The first-order valence-corrected chi connectivity index (χ1v) is 5.80. The third kappa shape index (κ3) is 3.56. The molecular formula is C9H17NO2S. The molecule has 1 N–H and O–H groups in total. The van der Waals surface area contributed by atoms with E-state index in [4.69, 9.17) is 4.74 Å². The van der Waals surface area contributed by atoms with Crippen molar-refractivity contribution < 1.29 is 9.53 Å². The number of thioether (sulfide) groups is 1. The van der Waals surface area contributed by atoms with E-state index >= 15 is 0 Å². The highest BCUT2D eigenvalue weighted by Crippen LogP contribution is 2.16. The Hall–Kier alpha value is -0.220. The number of carbonyl (C=O) groups is 1. The summed E-state index contributed by atoms with van der Waals surface area (Å²) in [4.78, 5) is 11.4. The lowest BCUT2D eigenvalue weighted by Crippen LogP contribution is -2.43. The van der Waals surface area contributed by atoms with Crippen molar-refractivity contribution in [3.63, 3.8) is 0 Å². The van der Waals surface area contributed by atoms with Crippen LogP contribution in [0.3, 0.4) is 0 Å². The normalized spacial score (nSPS) is 25.2. The molecule has 0 aromatic carbocycles. The Labute approximate surface area is 83.6 Å². The Morgan fingerprint density at radius 3 is 3.00 bits per heavy atom. The standard InChI is InChI=1S/C9H17NO2S/c1-7(12-2)9(11)10-8-4-3-5-13-6-8/h7-8H,3-6H2,1-2H3,(H,10,11). The number of ether oxygens (including phenoxy) is 1. The molecule has 13 heavy (non-hydrogen) atoms. The molecule has 1 rings (SSSR count). The lowest BCUT2D eigenvalue weighted by Gasteiger charge is -2.23. The van der Waals surface area contributed by atoms with E-state index in [-0.39, 0.29) is 12.0 Å². The van der Waals surface area contributed by atoms with Crippen LogP contribution < -0.4 is 5.32 Å². The topological polar surface area (TPSA) is 38.3 Å². The fourth-order valence-electron chi connectivity index (χ4n) is 1.28. The lowest BCUT2D eigenvalue weighted by molar-refractivity contribution is -0.130. The number of hydrogen-bond acceptors (Lipinski definition) is 3. The average Bonchev–Trinajstić information content (AvgIpc) is 2.18. The smallest absolute Gasteiger partial charge is 0.249 e. The second-order valence-corrected chi connectivity index (χ2v) is 4.45. The molecule has 1 amide bonds. The Morgan fingerprint density at radius 2 is 2.46 bits per heavy atom. The summed E-state index contributed by atoms with van der Waals surface area (Å²) in [5.74, 6) is 2.28. The molecule has 1 aliphatic heterocycles. The zero-order chi connectivity index (χ0) is 9.68. The number of methoxy groups -OCH3 is 1. The lowest BCUT2D eigenvalue weighted by atomic mass is 10.2. The van der Waals surface area contributed by atoms with Crippen LogP contribution in [0, 0.1) is 0 Å². The minimum absolute atomic E-state index is 0.00926. The van der Waals surface area contributed by atoms with Crippen LogP contribution in [0.4, 0.5) is 0 Å². The number of nitrogens with one attached hydrogen (secondary N) is 1. The Bertz CT molecular complexity index is 169. The number of rotatable bonds is 3. The van der Waals surface area contributed by atoms with E-state index < -0.39 is 0 Å². The van der Waals surface area contributed by atoms with Gasteiger partial charge in [-0.25, -0.2) is 0 Å². The molecular weight excluding hydrogens is 186 g/mol. The van der Waals surface area contributed by atoms with Gasteiger partial charge in [-0.1, -0.05) is 0 Å². The van der Waals surface area contributed by atoms with Gasteiger partial charge in [0.25, 0.3) is 0 Å². The average molecular weight is 203 g/mol. The Kier molecular flexibility index (Phi) is 4.59. The molecule has 1 fully saturated rings. The van der Waals surface area contributed by atoms with Crippen LogP contribution in [-0.4, -0.2) is 36.7 Å². The molecule has 76 valence electrons. The molecule has 2 unspecified atom stereocenters. The van der Waals surface area contributed by atoms with Crippen LogP contribution in [0.1, 0.15) is 19.8 Å². The largest absolute Gasteiger partial charge is 0.372 e. The molecule has 4 heteroatoms. The van der Waals surface area contributed by atoms with Crippen LogP contribution in [0.5, 0.6) is 0 Å². The van der Waals surface area contributed by atoms with Crippen molar-refractivity contribution in [1.29, 1.82) is 0 Å². The second kappa shape index (κ2) is 5.50. The molecule has 0 spiro atoms. The van der Waals surface area contributed by atoms with Gasteiger partial charge in [0.05, 0.1) is 0 Å². The van der Waals surface area contributed by atoms with Gasteiger partial charge in [-0.05, 0) is 25.5 Å². The molecule has 1 heterocycles. The van der Waals surface area contributed by atoms with Crippen molar-refractivity contribution in [2.45, 2.75) is 31.9 Å². The van der Waals surface area contributed by atoms with Gasteiger partial charge in [-0.3, -0.25) is 4.79 Å². The van der Waals surface area contributed by atoms with E-state index in [1.807, 2.05) is 11.8 Å². The SMILES string of the molecule is COC(C)C(=O)NC1CCCSC1. The van der Waals surface area contributed by atoms with Gasteiger partial charge in [0.1, 0.15) is 6.10 Å². The first-order valence-electron chi connectivity index (χ1n) is 4.65. The van der Waals surface area contributed by atoms with Crippen molar-refractivity contribution in [2.75, 3.05) is 18.6 Å². The Balaban J connectivity index is 2.26. The van der Waals surface area contributed by atoms with Gasteiger partial charge in [0, 0.05) is 18.9 Å².